The number of sulfonamides is 1. The topological polar surface area (TPSA) is 114 Å². The number of aromatic nitrogens is 2. The van der Waals surface area contributed by atoms with E-state index in [4.69, 9.17) is 4.52 Å². The molecule has 8 nitrogen and oxygen atoms in total. The Bertz CT molecular complexity index is 1020. The molecule has 0 atom stereocenters. The molecular weight excluding hydrogens is 368 g/mol. The molecule has 9 heteroatoms. The molecule has 1 aromatic heterocycles. The molecule has 1 heterocycles. The number of benzene rings is 2. The van der Waals surface area contributed by atoms with Crippen LogP contribution in [0.5, 0.6) is 0 Å². The van der Waals surface area contributed by atoms with Gasteiger partial charge in [0, 0.05) is 24.2 Å². The number of carbonyl (C=O) groups is 1. The summed E-state index contributed by atoms with van der Waals surface area (Å²) in [6, 6.07) is 14.3. The molecule has 1 amide bonds. The van der Waals surface area contributed by atoms with Gasteiger partial charge in [0.2, 0.25) is 5.89 Å². The number of anilines is 1. The molecule has 0 unspecified atom stereocenters. The van der Waals surface area contributed by atoms with Crippen molar-refractivity contribution < 1.29 is 17.7 Å². The van der Waals surface area contributed by atoms with Crippen molar-refractivity contribution >= 4 is 21.6 Å². The van der Waals surface area contributed by atoms with Crippen LogP contribution in [0.2, 0.25) is 0 Å². The maximum Gasteiger partial charge on any atom is 0.261 e. The first-order chi connectivity index (χ1) is 12.9. The fourth-order valence-corrected chi connectivity index (χ4v) is 3.39. The van der Waals surface area contributed by atoms with E-state index < -0.39 is 10.0 Å². The minimum absolute atomic E-state index is 0.0734. The average molecular weight is 386 g/mol. The van der Waals surface area contributed by atoms with E-state index in [-0.39, 0.29) is 10.8 Å². The summed E-state index contributed by atoms with van der Waals surface area (Å²) in [5, 5.41) is 6.40. The van der Waals surface area contributed by atoms with Gasteiger partial charge in [-0.3, -0.25) is 9.52 Å². The number of rotatable bonds is 7. The first-order valence-electron chi connectivity index (χ1n) is 8.19. The number of aryl methyl sites for hydroxylation is 1. The lowest BCUT2D eigenvalue weighted by atomic mass is 10.2. The van der Waals surface area contributed by atoms with Crippen molar-refractivity contribution in [3.05, 3.63) is 71.9 Å². The Kier molecular flexibility index (Phi) is 5.51. The van der Waals surface area contributed by atoms with Gasteiger partial charge in [0.05, 0.1) is 4.90 Å². The fourth-order valence-electron chi connectivity index (χ4n) is 2.33. The average Bonchev–Trinajstić information content (AvgIpc) is 3.07. The number of carbonyl (C=O) groups excluding carboxylic acids is 1. The summed E-state index contributed by atoms with van der Waals surface area (Å²) in [5.41, 5.74) is 0.825. The predicted molar refractivity (Wildman–Crippen MR) is 98.8 cm³/mol. The summed E-state index contributed by atoms with van der Waals surface area (Å²) in [6.07, 6.45) is 0.417. The largest absolute Gasteiger partial charge is 0.352 e. The van der Waals surface area contributed by atoms with Crippen LogP contribution in [0.1, 0.15) is 22.1 Å². The Labute approximate surface area is 156 Å². The van der Waals surface area contributed by atoms with Crippen LogP contribution in [0.25, 0.3) is 0 Å². The van der Waals surface area contributed by atoms with Gasteiger partial charge in [-0.25, -0.2) is 8.42 Å². The van der Waals surface area contributed by atoms with E-state index in [0.717, 1.165) is 0 Å². The van der Waals surface area contributed by atoms with Gasteiger partial charge in [0.25, 0.3) is 15.9 Å². The highest BCUT2D eigenvalue weighted by molar-refractivity contribution is 7.92. The zero-order valence-electron chi connectivity index (χ0n) is 14.5. The number of para-hydroxylation sites is 1. The Balaban J connectivity index is 1.59. The van der Waals surface area contributed by atoms with E-state index in [0.29, 0.717) is 35.9 Å². The van der Waals surface area contributed by atoms with Crippen LogP contribution >= 0.6 is 0 Å². The molecule has 0 radical (unpaired) electrons. The summed E-state index contributed by atoms with van der Waals surface area (Å²) >= 11 is 0. The van der Waals surface area contributed by atoms with Crippen molar-refractivity contribution in [2.24, 2.45) is 0 Å². The van der Waals surface area contributed by atoms with Crippen molar-refractivity contribution in [2.75, 3.05) is 11.3 Å². The molecule has 0 bridgehead atoms. The van der Waals surface area contributed by atoms with Crippen LogP contribution in [0.3, 0.4) is 0 Å². The van der Waals surface area contributed by atoms with Gasteiger partial charge in [0.15, 0.2) is 5.82 Å². The van der Waals surface area contributed by atoms with Crippen molar-refractivity contribution in [3.63, 3.8) is 0 Å². The van der Waals surface area contributed by atoms with Gasteiger partial charge in [-0.05, 0) is 43.3 Å². The zero-order valence-corrected chi connectivity index (χ0v) is 15.4. The predicted octanol–water partition coefficient (Wildman–Crippen LogP) is 2.15. The molecule has 140 valence electrons. The van der Waals surface area contributed by atoms with Gasteiger partial charge in [-0.2, -0.15) is 4.98 Å². The van der Waals surface area contributed by atoms with Crippen LogP contribution in [-0.2, 0) is 16.4 Å². The highest BCUT2D eigenvalue weighted by Gasteiger charge is 2.15. The normalized spacial score (nSPS) is 11.1. The van der Waals surface area contributed by atoms with E-state index in [1.807, 2.05) is 0 Å². The van der Waals surface area contributed by atoms with Crippen molar-refractivity contribution in [1.82, 2.24) is 15.5 Å². The highest BCUT2D eigenvalue weighted by Crippen LogP contribution is 2.16. The monoisotopic (exact) mass is 386 g/mol. The van der Waals surface area contributed by atoms with Crippen LogP contribution in [0.4, 0.5) is 5.69 Å². The van der Waals surface area contributed by atoms with Gasteiger partial charge in [-0.15, -0.1) is 0 Å². The Morgan fingerprint density at radius 3 is 2.41 bits per heavy atom. The third kappa shape index (κ3) is 4.91. The smallest absolute Gasteiger partial charge is 0.261 e. The number of hydrogen-bond acceptors (Lipinski definition) is 6. The summed E-state index contributed by atoms with van der Waals surface area (Å²) in [7, 11) is -3.72. The van der Waals surface area contributed by atoms with Crippen LogP contribution in [-0.4, -0.2) is 31.0 Å². The maximum absolute atomic E-state index is 12.4. The highest BCUT2D eigenvalue weighted by atomic mass is 32.2. The number of hydrogen-bond donors (Lipinski definition) is 2. The maximum atomic E-state index is 12.4. The minimum atomic E-state index is -3.72. The van der Waals surface area contributed by atoms with E-state index >= 15 is 0 Å². The van der Waals surface area contributed by atoms with E-state index in [1.165, 1.54) is 24.3 Å². The van der Waals surface area contributed by atoms with Gasteiger partial charge in [-0.1, -0.05) is 23.4 Å². The quantitative estimate of drug-likeness (QED) is 0.643. The standard InChI is InChI=1S/C18H18N4O4S/c1-13-20-17(26-21-13)11-12-19-18(23)14-7-9-16(10-8-14)27(24,25)22-15-5-3-2-4-6-15/h2-10,22H,11-12H2,1H3,(H,19,23). The van der Waals surface area contributed by atoms with E-state index in [9.17, 15) is 13.2 Å². The number of nitrogens with zero attached hydrogens (tertiary/aromatic N) is 2. The van der Waals surface area contributed by atoms with Crippen LogP contribution in [0.15, 0.2) is 64.0 Å². The molecule has 3 rings (SSSR count). The molecule has 0 spiro atoms. The first kappa shape index (κ1) is 18.6. The first-order valence-corrected chi connectivity index (χ1v) is 9.68. The molecule has 27 heavy (non-hydrogen) atoms. The molecule has 0 aliphatic rings. The number of amides is 1. The summed E-state index contributed by atoms with van der Waals surface area (Å²) in [6.45, 7) is 2.05. The van der Waals surface area contributed by atoms with Crippen molar-refractivity contribution in [2.45, 2.75) is 18.2 Å². The van der Waals surface area contributed by atoms with Gasteiger partial charge < -0.3 is 9.84 Å². The zero-order chi connectivity index (χ0) is 19.3. The molecule has 3 aromatic rings. The number of nitrogens with one attached hydrogen (secondary N) is 2. The lowest BCUT2D eigenvalue weighted by molar-refractivity contribution is 0.0953. The summed E-state index contributed by atoms with van der Waals surface area (Å²) in [5.74, 6) is 0.671. The van der Waals surface area contributed by atoms with E-state index in [2.05, 4.69) is 20.2 Å². The van der Waals surface area contributed by atoms with Gasteiger partial charge in [0.1, 0.15) is 0 Å². The second kappa shape index (κ2) is 8.00. The Morgan fingerprint density at radius 2 is 1.78 bits per heavy atom. The molecule has 0 saturated heterocycles. The van der Waals surface area contributed by atoms with Crippen molar-refractivity contribution in [3.8, 4) is 0 Å². The third-order valence-electron chi connectivity index (χ3n) is 3.65. The lowest BCUT2D eigenvalue weighted by Crippen LogP contribution is -2.25. The van der Waals surface area contributed by atoms with Crippen LogP contribution < -0.4 is 10.0 Å². The molecular formula is C18H18N4O4S. The molecule has 0 fully saturated rings. The van der Waals surface area contributed by atoms with Gasteiger partial charge >= 0.3 is 0 Å². The molecule has 2 N–H and O–H groups in total. The SMILES string of the molecule is Cc1noc(CCNC(=O)c2ccc(S(=O)(=O)Nc3ccccc3)cc2)n1. The van der Waals surface area contributed by atoms with E-state index in [1.54, 1.807) is 37.3 Å². The molecule has 0 saturated carbocycles. The fraction of sp³-hybridized carbons (Fsp3) is 0.167. The minimum Gasteiger partial charge on any atom is -0.352 e. The summed E-state index contributed by atoms with van der Waals surface area (Å²) < 4.78 is 32.2. The Morgan fingerprint density at radius 1 is 1.07 bits per heavy atom. The summed E-state index contributed by atoms with van der Waals surface area (Å²) in [4.78, 5) is 16.3. The Hall–Kier alpha value is -3.20. The second-order valence-corrected chi connectivity index (χ2v) is 7.42. The van der Waals surface area contributed by atoms with Crippen molar-refractivity contribution in [1.29, 1.82) is 0 Å². The van der Waals surface area contributed by atoms with Crippen LogP contribution in [0, 0.1) is 6.92 Å². The molecule has 0 aliphatic carbocycles. The third-order valence-corrected chi connectivity index (χ3v) is 5.04. The lowest BCUT2D eigenvalue weighted by Gasteiger charge is -2.09. The molecule has 2 aromatic carbocycles. The second-order valence-electron chi connectivity index (χ2n) is 5.74. The molecule has 0 aliphatic heterocycles.